The number of aromatic nitrogens is 3. The van der Waals surface area contributed by atoms with Crippen LogP contribution in [0.3, 0.4) is 0 Å². The molecule has 4 heterocycles. The largest absolute Gasteiger partial charge is 0.482 e. The van der Waals surface area contributed by atoms with Crippen molar-refractivity contribution in [2.45, 2.75) is 130 Å². The number of aryl methyl sites for hydroxylation is 1. The zero-order valence-corrected chi connectivity index (χ0v) is 50.2. The van der Waals surface area contributed by atoms with E-state index in [2.05, 4.69) is 48.4 Å². The second-order valence-corrected chi connectivity index (χ2v) is 22.3. The Labute approximate surface area is 493 Å². The molecule has 5 amide bonds. The van der Waals surface area contributed by atoms with Gasteiger partial charge in [-0.15, -0.1) is 0 Å². The number of ether oxygens (including phenoxy) is 5. The van der Waals surface area contributed by atoms with E-state index in [1.54, 1.807) is 48.9 Å². The summed E-state index contributed by atoms with van der Waals surface area (Å²) in [7, 11) is 3.36. The lowest BCUT2D eigenvalue weighted by Crippen LogP contribution is -2.59. The van der Waals surface area contributed by atoms with Crippen LogP contribution in [0, 0.1) is 18.9 Å². The van der Waals surface area contributed by atoms with Crippen LogP contribution in [-0.4, -0.2) is 171 Å². The Balaban J connectivity index is 0.861. The molecule has 2 bridgehead atoms. The number of likely N-dealkylation sites (tertiary alicyclic amines) is 1. The molecule has 1 fully saturated rings. The number of ketones is 1. The maximum Gasteiger partial charge on any atom is 0.303 e. The third kappa shape index (κ3) is 18.6. The highest BCUT2D eigenvalue weighted by atomic mass is 16.6. The molecule has 2 aliphatic heterocycles. The average Bonchev–Trinajstić information content (AvgIpc) is 2.59. The van der Waals surface area contributed by atoms with Crippen molar-refractivity contribution in [3.63, 3.8) is 0 Å². The van der Waals surface area contributed by atoms with E-state index in [1.165, 1.54) is 4.90 Å². The summed E-state index contributed by atoms with van der Waals surface area (Å²) in [6.45, 7) is 24.2. The van der Waals surface area contributed by atoms with Gasteiger partial charge in [0, 0.05) is 80.9 Å². The highest BCUT2D eigenvalue weighted by Crippen LogP contribution is 2.39. The zero-order valence-electron chi connectivity index (χ0n) is 50.2. The summed E-state index contributed by atoms with van der Waals surface area (Å²) in [4.78, 5) is 92.4. The molecular formula is C61H86N12O11. The summed E-state index contributed by atoms with van der Waals surface area (Å²) in [5.74, 6) is -0.979. The van der Waals surface area contributed by atoms with E-state index >= 15 is 0 Å². The van der Waals surface area contributed by atoms with Crippen LogP contribution in [0.4, 0.5) is 11.6 Å². The van der Waals surface area contributed by atoms with Crippen molar-refractivity contribution in [2.75, 3.05) is 92.3 Å². The predicted octanol–water partition coefficient (Wildman–Crippen LogP) is 5.00. The first kappa shape index (κ1) is 65.8. The van der Waals surface area contributed by atoms with E-state index in [-0.39, 0.29) is 138 Å². The van der Waals surface area contributed by atoms with E-state index in [4.69, 9.17) is 36.0 Å². The Morgan fingerprint density at radius 2 is 1.56 bits per heavy atom. The summed E-state index contributed by atoms with van der Waals surface area (Å²) in [6, 6.07) is 14.7. The summed E-state index contributed by atoms with van der Waals surface area (Å²) in [5.41, 5.74) is 10.5. The molecule has 4 aromatic rings. The summed E-state index contributed by atoms with van der Waals surface area (Å²) < 4.78 is 30.4. The number of carbonyl (C=O) groups is 6. The number of hydrogen-bond donors (Lipinski definition) is 6. The predicted molar refractivity (Wildman–Crippen MR) is 317 cm³/mol. The molecule has 23 heteroatoms. The fourth-order valence-corrected chi connectivity index (χ4v) is 10.1. The topological polar surface area (TPSA) is 276 Å². The molecule has 2 aromatic carbocycles. The lowest BCUT2D eigenvalue weighted by Gasteiger charge is -2.36. The lowest BCUT2D eigenvalue weighted by molar-refractivity contribution is -0.143. The van der Waals surface area contributed by atoms with Crippen molar-refractivity contribution < 1.29 is 52.5 Å². The van der Waals surface area contributed by atoms with E-state index in [1.807, 2.05) is 77.1 Å². The molecular weight excluding hydrogens is 1080 g/mol. The van der Waals surface area contributed by atoms with Crippen LogP contribution in [0.5, 0.6) is 5.75 Å². The second-order valence-electron chi connectivity index (χ2n) is 22.3. The zero-order chi connectivity index (χ0) is 60.9. The normalized spacial score (nSPS) is 17.1. The van der Waals surface area contributed by atoms with Crippen molar-refractivity contribution >= 4 is 47.0 Å². The number of benzene rings is 2. The number of nitrogens with zero attached hydrogens (tertiary/aromatic N) is 6. The first-order chi connectivity index (χ1) is 40.2. The minimum Gasteiger partial charge on any atom is -0.482 e. The molecule has 7 N–H and O–H groups in total. The quantitative estimate of drug-likeness (QED) is 0.0296. The number of rotatable bonds is 30. The number of nitrogens with two attached hydrogens (primary N) is 1. The number of pyridine rings is 1. The summed E-state index contributed by atoms with van der Waals surface area (Å²) >= 11 is 0. The summed E-state index contributed by atoms with van der Waals surface area (Å²) in [6.07, 6.45) is 2.46. The van der Waals surface area contributed by atoms with Gasteiger partial charge in [0.2, 0.25) is 23.6 Å². The first-order valence-corrected chi connectivity index (χ1v) is 29.0. The Kier molecular flexibility index (Phi) is 25.1. The van der Waals surface area contributed by atoms with E-state index in [9.17, 15) is 28.8 Å². The number of amides is 5. The second kappa shape index (κ2) is 32.1. The number of nitrogen functional groups attached to an aromatic ring is 1. The molecule has 0 saturated carbocycles. The molecule has 84 heavy (non-hydrogen) atoms. The van der Waals surface area contributed by atoms with Crippen LogP contribution in [0.15, 0.2) is 60.8 Å². The molecule has 2 aromatic heterocycles. The van der Waals surface area contributed by atoms with Gasteiger partial charge >= 0.3 is 5.82 Å². The first-order valence-electron chi connectivity index (χ1n) is 29.0. The fraction of sp³-hybridized carbons (Fsp3) is 0.557. The molecule has 6 rings (SSSR count). The van der Waals surface area contributed by atoms with Gasteiger partial charge in [0.05, 0.1) is 83.7 Å². The van der Waals surface area contributed by atoms with Gasteiger partial charge in [-0.2, -0.15) is 4.68 Å². The smallest absolute Gasteiger partial charge is 0.303 e. The maximum atomic E-state index is 14.3. The molecule has 0 unspecified atom stereocenters. The molecule has 1 saturated heterocycles. The van der Waals surface area contributed by atoms with Gasteiger partial charge in [-0.25, -0.2) is 4.98 Å². The van der Waals surface area contributed by atoms with Crippen molar-refractivity contribution in [3.8, 4) is 16.9 Å². The Bertz CT molecular complexity index is 2910. The summed E-state index contributed by atoms with van der Waals surface area (Å²) in [5, 5.41) is 19.8. The molecule has 456 valence electrons. The number of hydrogen-bond acceptors (Lipinski definition) is 16. The van der Waals surface area contributed by atoms with Crippen LogP contribution in [0.25, 0.3) is 16.0 Å². The van der Waals surface area contributed by atoms with Crippen LogP contribution in [-0.2, 0) is 56.0 Å². The monoisotopic (exact) mass is 1160 g/mol. The maximum absolute atomic E-state index is 14.3. The lowest BCUT2D eigenvalue weighted by atomic mass is 9.85. The highest BCUT2D eigenvalue weighted by molar-refractivity contribution is 5.96. The van der Waals surface area contributed by atoms with Crippen LogP contribution < -0.4 is 37.1 Å². The molecule has 23 nitrogen and oxygen atoms in total. The van der Waals surface area contributed by atoms with Crippen LogP contribution in [0.2, 0.25) is 0 Å². The number of carbonyl (C=O) groups excluding carboxylic acids is 6. The van der Waals surface area contributed by atoms with E-state index in [0.29, 0.717) is 60.1 Å². The molecule has 0 aliphatic carbocycles. The van der Waals surface area contributed by atoms with Gasteiger partial charge < -0.3 is 70.6 Å². The van der Waals surface area contributed by atoms with Gasteiger partial charge in [-0.3, -0.25) is 28.8 Å². The van der Waals surface area contributed by atoms with Crippen molar-refractivity contribution in [1.29, 1.82) is 0 Å². The Morgan fingerprint density at radius 3 is 2.19 bits per heavy atom. The number of nitrogens with one attached hydrogen (secondary N) is 5. The Hall–Kier alpha value is -7.33. The third-order valence-electron chi connectivity index (χ3n) is 14.9. The number of fused-ring (bicyclic) bond motifs is 5. The van der Waals surface area contributed by atoms with Gasteiger partial charge in [0.15, 0.2) is 17.4 Å². The van der Waals surface area contributed by atoms with E-state index < -0.39 is 35.7 Å². The van der Waals surface area contributed by atoms with Crippen molar-refractivity contribution in [3.05, 3.63) is 100 Å². The standard InChI is InChI=1S/C61H86N12O11/c1-11-47(42-15-13-12-14-16-42)65-22-19-50(74)48-35-44(37-72(48)60(79)55(61(5,6)7)69-58(77)40(3)63-8)68-53(76)21-26-81-28-30-83-32-31-82-29-27-80-25-20-52(75)66-23-24-73-49-38-71(10)59(78)45-18-17-39(2)33-46(45)41(4)84-51-34-43(36-67-56(51)62)54(49)57(64-9)70-73/h12-18,33-34,36,40-41,44,47-48,55,63,65H,11,19-32,35,37-38H2,1-8,10H3,(H2,62,67)(H,66,75)(H,68,76)(H,69,77)/t40-,41+,44-,47+,48-,55+/m0/s1. The molecule has 2 aliphatic rings. The highest BCUT2D eigenvalue weighted by Gasteiger charge is 2.45. The molecule has 6 atom stereocenters. The minimum absolute atomic E-state index is 0.0650. The average molecular weight is 1160 g/mol. The number of likely N-dealkylation sites (N-methyl/N-ethyl adjacent to an activating group) is 1. The van der Waals surface area contributed by atoms with Gasteiger partial charge in [0.25, 0.3) is 5.91 Å². The van der Waals surface area contributed by atoms with Gasteiger partial charge in [-0.05, 0) is 74.4 Å². The SMILES string of the molecule is [C-]#[N+]c1nn(CCNC(=O)CCOCCOCCOCCOCCC(=O)N[C@H]2C[C@@H](C(=O)CCN[C@H](CC)c3ccccc3)N(C(=O)[C@@H](NC(=O)[C@H](C)NC)C(C)(C)C)C2)c2c1-c1cnc(N)c(c1)O[C@H](C)c1cc(C)ccc1C(=O)N(C)C2. The molecule has 0 spiro atoms. The van der Waals surface area contributed by atoms with Crippen LogP contribution >= 0.6 is 0 Å². The Morgan fingerprint density at radius 1 is 0.905 bits per heavy atom. The van der Waals surface area contributed by atoms with Crippen molar-refractivity contribution in [2.24, 2.45) is 5.41 Å². The van der Waals surface area contributed by atoms with Crippen molar-refractivity contribution in [1.82, 2.24) is 51.1 Å². The minimum atomic E-state index is -0.912. The fourth-order valence-electron chi connectivity index (χ4n) is 10.1. The third-order valence-corrected chi connectivity index (χ3v) is 14.9. The number of anilines is 1. The van der Waals surface area contributed by atoms with Crippen LogP contribution in [0.1, 0.15) is 119 Å². The van der Waals surface area contributed by atoms with Gasteiger partial charge in [-0.1, -0.05) is 82.3 Å². The molecule has 0 radical (unpaired) electrons. The van der Waals surface area contributed by atoms with E-state index in [0.717, 1.165) is 17.5 Å². The van der Waals surface area contributed by atoms with Gasteiger partial charge in [0.1, 0.15) is 12.1 Å². The number of Topliss-reactive ketones (excluding diaryl/α,β-unsaturated/α-hetero) is 1.